The van der Waals surface area contributed by atoms with E-state index in [1.165, 1.54) is 64.7 Å². The number of hydrogen-bond donors (Lipinski definition) is 0. The van der Waals surface area contributed by atoms with Crippen LogP contribution in [0.15, 0.2) is 0 Å². The van der Waals surface area contributed by atoms with Crippen molar-refractivity contribution in [2.45, 2.75) is 115 Å². The zero-order chi connectivity index (χ0) is 21.3. The Hall–Kier alpha value is 0.409. The molecule has 0 N–H and O–H groups in total. The van der Waals surface area contributed by atoms with Crippen molar-refractivity contribution in [1.82, 2.24) is 4.90 Å². The summed E-state index contributed by atoms with van der Waals surface area (Å²) >= 11 is 3.10. The number of ether oxygens (including phenoxy) is 3. The van der Waals surface area contributed by atoms with E-state index in [2.05, 4.69) is 25.7 Å². The number of unbranched alkanes of at least 4 members (excludes halogenated alkanes) is 3. The average molecular weight is 534 g/mol. The van der Waals surface area contributed by atoms with E-state index >= 15 is 0 Å². The Kier molecular flexibility index (Phi) is 11.0. The van der Waals surface area contributed by atoms with Crippen LogP contribution < -0.4 is 0 Å². The molecule has 0 saturated carbocycles. The van der Waals surface area contributed by atoms with Gasteiger partial charge < -0.3 is 0 Å². The van der Waals surface area contributed by atoms with E-state index in [0.29, 0.717) is 6.61 Å². The summed E-state index contributed by atoms with van der Waals surface area (Å²) in [5.41, 5.74) is 0. The zero-order valence-electron chi connectivity index (χ0n) is 19.6. The first kappa shape index (κ1) is 25.7. The van der Waals surface area contributed by atoms with Crippen molar-refractivity contribution in [3.8, 4) is 0 Å². The van der Waals surface area contributed by atoms with Crippen LogP contribution in [0.1, 0.15) is 86.0 Å². The van der Waals surface area contributed by atoms with Gasteiger partial charge in [0.1, 0.15) is 0 Å². The van der Waals surface area contributed by atoms with Crippen molar-refractivity contribution in [2.24, 2.45) is 0 Å². The predicted octanol–water partition coefficient (Wildman–Crippen LogP) is 6.29. The van der Waals surface area contributed by atoms with Gasteiger partial charge in [0.25, 0.3) is 0 Å². The van der Waals surface area contributed by atoms with E-state index in [-0.39, 0.29) is 10.2 Å². The molecule has 0 aliphatic carbocycles. The molecular weight excluding hydrogens is 489 g/mol. The summed E-state index contributed by atoms with van der Waals surface area (Å²) < 4.78 is 23.6. The third kappa shape index (κ3) is 7.50. The van der Waals surface area contributed by atoms with E-state index in [9.17, 15) is 0 Å². The van der Waals surface area contributed by atoms with Gasteiger partial charge in [0, 0.05) is 0 Å². The van der Waals surface area contributed by atoms with Crippen LogP contribution in [-0.2, 0) is 14.2 Å². The van der Waals surface area contributed by atoms with Gasteiger partial charge in [0.05, 0.1) is 0 Å². The van der Waals surface area contributed by atoms with Crippen LogP contribution in [0.3, 0.4) is 0 Å². The second-order valence-electron chi connectivity index (χ2n) is 9.54. The summed E-state index contributed by atoms with van der Waals surface area (Å²) in [7, 11) is 0. The second-order valence-corrected chi connectivity index (χ2v) is 23.6. The summed E-state index contributed by atoms with van der Waals surface area (Å²) in [6.07, 6.45) is 10.2. The van der Waals surface area contributed by atoms with Gasteiger partial charge in [-0.25, -0.2) is 0 Å². The van der Waals surface area contributed by atoms with Crippen molar-refractivity contribution in [3.05, 3.63) is 0 Å². The fourth-order valence-corrected chi connectivity index (χ4v) is 22.8. The third-order valence-corrected chi connectivity index (χ3v) is 23.4. The number of nitrogens with zero attached hydrogens (tertiary/aromatic N) is 1. The molecule has 0 amide bonds. The Morgan fingerprint density at radius 2 is 1.55 bits per heavy atom. The molecule has 0 radical (unpaired) electrons. The first-order valence-electron chi connectivity index (χ1n) is 12.1. The Bertz CT molecular complexity index is 475. The van der Waals surface area contributed by atoms with Crippen molar-refractivity contribution in [1.29, 1.82) is 0 Å². The van der Waals surface area contributed by atoms with Crippen LogP contribution in [0, 0.1) is 0 Å². The van der Waals surface area contributed by atoms with Crippen LogP contribution in [0.2, 0.25) is 13.3 Å². The molecule has 0 aromatic rings. The van der Waals surface area contributed by atoms with Gasteiger partial charge in [0.2, 0.25) is 0 Å². The standard InChI is InChI=1S/C11H18NO3S.3C4H9.Sn/c1-11(2)14-8-9(15-11)7-13-10(16)12-5-3-4-6-12;3*1-3-4-2;/h7,9H,3-6,8H2,1-2H3;3*1,3-4H2,2H3;/t9-;;;;/m0..../s1. The van der Waals surface area contributed by atoms with Crippen molar-refractivity contribution in [3.63, 3.8) is 0 Å². The van der Waals surface area contributed by atoms with Crippen LogP contribution in [0.4, 0.5) is 0 Å². The maximum atomic E-state index is 6.81. The third-order valence-electron chi connectivity index (χ3n) is 6.65. The molecule has 0 aromatic heterocycles. The Morgan fingerprint density at radius 3 is 1.97 bits per heavy atom. The molecule has 2 rings (SSSR count). The molecule has 170 valence electrons. The molecule has 2 fully saturated rings. The Balaban J connectivity index is 2.32. The topological polar surface area (TPSA) is 30.9 Å². The normalized spacial score (nSPS) is 22.8. The van der Waals surface area contributed by atoms with Gasteiger partial charge in [-0.1, -0.05) is 0 Å². The quantitative estimate of drug-likeness (QED) is 0.217. The molecule has 2 aliphatic heterocycles. The van der Waals surface area contributed by atoms with Crippen LogP contribution in [-0.4, -0.2) is 64.2 Å². The molecule has 0 spiro atoms. The number of thiocarbonyl (C=S) groups is 1. The number of rotatable bonds is 12. The SMILES string of the molecule is CCC[CH2][Sn]([CH2]CCC)([CH2]CCC)[C@H](OC(=S)N1CCCC1)[C@H]1COC(C)(C)O1. The second kappa shape index (κ2) is 12.4. The van der Waals surface area contributed by atoms with Crippen molar-refractivity contribution < 1.29 is 14.2 Å². The van der Waals surface area contributed by atoms with Gasteiger partial charge in [0.15, 0.2) is 0 Å². The minimum absolute atomic E-state index is 0.0342. The van der Waals surface area contributed by atoms with E-state index in [1.54, 1.807) is 0 Å². The molecule has 6 heteroatoms. The van der Waals surface area contributed by atoms with Gasteiger partial charge in [-0.2, -0.15) is 0 Å². The van der Waals surface area contributed by atoms with Gasteiger partial charge in [-0.05, 0) is 0 Å². The maximum absolute atomic E-state index is 6.81. The molecule has 0 bridgehead atoms. The monoisotopic (exact) mass is 535 g/mol. The molecule has 2 heterocycles. The first-order valence-corrected chi connectivity index (χ1v) is 20.3. The fraction of sp³-hybridized carbons (Fsp3) is 0.957. The van der Waals surface area contributed by atoms with E-state index in [1.807, 2.05) is 13.8 Å². The Labute approximate surface area is 189 Å². The zero-order valence-corrected chi connectivity index (χ0v) is 23.3. The number of likely N-dealkylation sites (tertiary alicyclic amines) is 1. The van der Waals surface area contributed by atoms with Gasteiger partial charge >= 0.3 is 190 Å². The molecule has 2 saturated heterocycles. The summed E-state index contributed by atoms with van der Waals surface area (Å²) in [4.78, 5) is 2.28. The molecule has 0 aromatic carbocycles. The summed E-state index contributed by atoms with van der Waals surface area (Å²) in [6, 6.07) is 0. The summed E-state index contributed by atoms with van der Waals surface area (Å²) in [6.45, 7) is 13.7. The molecule has 29 heavy (non-hydrogen) atoms. The van der Waals surface area contributed by atoms with Crippen molar-refractivity contribution in [2.75, 3.05) is 19.7 Å². The Morgan fingerprint density at radius 1 is 1.03 bits per heavy atom. The number of hydrogen-bond acceptors (Lipinski definition) is 4. The van der Waals surface area contributed by atoms with Crippen molar-refractivity contribution >= 4 is 35.8 Å². The van der Waals surface area contributed by atoms with E-state index in [4.69, 9.17) is 26.4 Å². The molecule has 2 aliphatic rings. The molecular formula is C23H45NO3SSn. The summed E-state index contributed by atoms with van der Waals surface area (Å²) in [5, 5.41) is 0.728. The fourth-order valence-electron chi connectivity index (χ4n) is 4.93. The average Bonchev–Trinajstić information content (AvgIpc) is 3.35. The van der Waals surface area contributed by atoms with Crippen LogP contribution in [0.25, 0.3) is 0 Å². The van der Waals surface area contributed by atoms with Gasteiger partial charge in [-0.15, -0.1) is 0 Å². The molecule has 4 nitrogen and oxygen atoms in total. The molecule has 2 atom stereocenters. The van der Waals surface area contributed by atoms with Crippen LogP contribution >= 0.6 is 12.2 Å². The van der Waals surface area contributed by atoms with Crippen LogP contribution in [0.5, 0.6) is 0 Å². The minimum atomic E-state index is -2.73. The first-order chi connectivity index (χ1) is 13.9. The predicted molar refractivity (Wildman–Crippen MR) is 128 cm³/mol. The summed E-state index contributed by atoms with van der Waals surface area (Å²) in [5.74, 6) is -0.514. The van der Waals surface area contributed by atoms with Gasteiger partial charge in [-0.3, -0.25) is 0 Å². The molecule has 0 unspecified atom stereocenters. The van der Waals surface area contributed by atoms with E-state index in [0.717, 1.165) is 18.3 Å². The van der Waals surface area contributed by atoms with E-state index < -0.39 is 24.2 Å².